The van der Waals surface area contributed by atoms with E-state index in [2.05, 4.69) is 4.98 Å². The van der Waals surface area contributed by atoms with E-state index in [9.17, 15) is 17.2 Å². The molecule has 3 rings (SSSR count). The van der Waals surface area contributed by atoms with E-state index in [0.717, 1.165) is 22.5 Å². The molecule has 0 saturated carbocycles. The van der Waals surface area contributed by atoms with Gasteiger partial charge in [-0.3, -0.25) is 9.29 Å². The van der Waals surface area contributed by atoms with Crippen molar-refractivity contribution in [1.29, 1.82) is 0 Å². The molecule has 0 saturated heterocycles. The van der Waals surface area contributed by atoms with Crippen molar-refractivity contribution in [2.45, 2.75) is 11.4 Å². The van der Waals surface area contributed by atoms with Crippen molar-refractivity contribution in [3.8, 4) is 0 Å². The number of benzene rings is 2. The first-order valence-corrected chi connectivity index (χ1v) is 8.83. The van der Waals surface area contributed by atoms with Gasteiger partial charge in [0.25, 0.3) is 10.0 Å². The Morgan fingerprint density at radius 1 is 0.920 bits per heavy atom. The summed E-state index contributed by atoms with van der Waals surface area (Å²) in [5.41, 5.74) is 0.811. The number of hydrogen-bond acceptors (Lipinski definition) is 3. The molecule has 1 aromatic heterocycles. The lowest BCUT2D eigenvalue weighted by molar-refractivity contribution is 0.588. The second-order valence-corrected chi connectivity index (χ2v) is 7.17. The number of pyridine rings is 1. The molecule has 0 aliphatic rings. The second kappa shape index (κ2) is 6.98. The zero-order valence-corrected chi connectivity index (χ0v) is 13.8. The second-order valence-electron chi connectivity index (χ2n) is 5.31. The standard InChI is InChI=1S/C18H14F2N2O2S/c19-15-6-8-18(9-7-15)25(23,24)22(13-14-3-2-10-21-12-14)17-5-1-4-16(20)11-17/h1-12H,13H2. The van der Waals surface area contributed by atoms with Gasteiger partial charge in [-0.2, -0.15) is 0 Å². The average molecular weight is 360 g/mol. The minimum atomic E-state index is -4.01. The van der Waals surface area contributed by atoms with Crippen LogP contribution in [0.25, 0.3) is 0 Å². The van der Waals surface area contributed by atoms with Crippen LogP contribution in [-0.2, 0) is 16.6 Å². The molecule has 3 aromatic rings. The monoisotopic (exact) mass is 360 g/mol. The van der Waals surface area contributed by atoms with Gasteiger partial charge in [-0.25, -0.2) is 17.2 Å². The van der Waals surface area contributed by atoms with Crippen LogP contribution in [0, 0.1) is 11.6 Å². The Morgan fingerprint density at radius 2 is 1.68 bits per heavy atom. The maximum Gasteiger partial charge on any atom is 0.264 e. The van der Waals surface area contributed by atoms with Crippen LogP contribution < -0.4 is 4.31 Å². The molecule has 0 fully saturated rings. The molecule has 128 valence electrons. The number of hydrogen-bond donors (Lipinski definition) is 0. The molecule has 4 nitrogen and oxygen atoms in total. The Morgan fingerprint density at radius 3 is 2.32 bits per heavy atom. The van der Waals surface area contributed by atoms with Gasteiger partial charge in [0, 0.05) is 12.4 Å². The molecule has 0 atom stereocenters. The zero-order chi connectivity index (χ0) is 17.9. The summed E-state index contributed by atoms with van der Waals surface area (Å²) in [6, 6.07) is 13.2. The molecule has 0 radical (unpaired) electrons. The van der Waals surface area contributed by atoms with E-state index >= 15 is 0 Å². The van der Waals surface area contributed by atoms with E-state index in [1.54, 1.807) is 18.3 Å². The van der Waals surface area contributed by atoms with E-state index in [0.29, 0.717) is 5.56 Å². The lowest BCUT2D eigenvalue weighted by Crippen LogP contribution is -2.30. The lowest BCUT2D eigenvalue weighted by atomic mass is 10.2. The smallest absolute Gasteiger partial charge is 0.264 e. The SMILES string of the molecule is O=S(=O)(c1ccc(F)cc1)N(Cc1cccnc1)c1cccc(F)c1. The summed E-state index contributed by atoms with van der Waals surface area (Å²) in [4.78, 5) is 3.89. The van der Waals surface area contributed by atoms with Crippen molar-refractivity contribution in [3.05, 3.63) is 90.3 Å². The summed E-state index contributed by atoms with van der Waals surface area (Å²) >= 11 is 0. The highest BCUT2D eigenvalue weighted by atomic mass is 32.2. The highest BCUT2D eigenvalue weighted by molar-refractivity contribution is 7.92. The molecular weight excluding hydrogens is 346 g/mol. The first-order valence-electron chi connectivity index (χ1n) is 7.39. The molecule has 7 heteroatoms. The van der Waals surface area contributed by atoms with Crippen LogP contribution in [0.3, 0.4) is 0 Å². The van der Waals surface area contributed by atoms with Gasteiger partial charge < -0.3 is 0 Å². The fourth-order valence-electron chi connectivity index (χ4n) is 2.34. The Balaban J connectivity index is 2.08. The van der Waals surface area contributed by atoms with Crippen molar-refractivity contribution in [1.82, 2.24) is 4.98 Å². The van der Waals surface area contributed by atoms with E-state index < -0.39 is 21.7 Å². The third-order valence-corrected chi connectivity index (χ3v) is 5.33. The Labute approximate surface area is 144 Å². The number of anilines is 1. The van der Waals surface area contributed by atoms with Crippen molar-refractivity contribution in [2.24, 2.45) is 0 Å². The van der Waals surface area contributed by atoms with Crippen LogP contribution in [0.1, 0.15) is 5.56 Å². The normalized spacial score (nSPS) is 11.3. The van der Waals surface area contributed by atoms with E-state index in [4.69, 9.17) is 0 Å². The molecule has 0 amide bonds. The predicted octanol–water partition coefficient (Wildman–Crippen LogP) is 3.76. The summed E-state index contributed by atoms with van der Waals surface area (Å²) in [6.07, 6.45) is 3.11. The number of nitrogens with zero attached hydrogens (tertiary/aromatic N) is 2. The minimum absolute atomic E-state index is 0.0308. The molecule has 1 heterocycles. The van der Waals surface area contributed by atoms with E-state index in [-0.39, 0.29) is 17.1 Å². The maximum absolute atomic E-state index is 13.6. The first kappa shape index (κ1) is 17.0. The maximum atomic E-state index is 13.6. The van der Waals surface area contributed by atoms with E-state index in [1.165, 1.54) is 36.5 Å². The fraction of sp³-hybridized carbons (Fsp3) is 0.0556. The summed E-state index contributed by atoms with van der Waals surface area (Å²) in [5, 5.41) is 0. The van der Waals surface area contributed by atoms with Crippen LogP contribution in [0.5, 0.6) is 0 Å². The topological polar surface area (TPSA) is 50.3 Å². The summed E-state index contributed by atoms with van der Waals surface area (Å²) in [7, 11) is -4.01. The summed E-state index contributed by atoms with van der Waals surface area (Å²) in [6.45, 7) is -0.0308. The highest BCUT2D eigenvalue weighted by Crippen LogP contribution is 2.26. The number of halogens is 2. The Hall–Kier alpha value is -2.80. The quantitative estimate of drug-likeness (QED) is 0.696. The fourth-order valence-corrected chi connectivity index (χ4v) is 3.78. The highest BCUT2D eigenvalue weighted by Gasteiger charge is 2.25. The number of sulfonamides is 1. The largest absolute Gasteiger partial charge is 0.264 e. The number of rotatable bonds is 5. The van der Waals surface area contributed by atoms with Crippen molar-refractivity contribution in [3.63, 3.8) is 0 Å². The summed E-state index contributed by atoms with van der Waals surface area (Å²) in [5.74, 6) is -1.09. The molecular formula is C18H14F2N2O2S. The molecule has 0 bridgehead atoms. The molecule has 2 aromatic carbocycles. The lowest BCUT2D eigenvalue weighted by Gasteiger charge is -2.24. The third-order valence-electron chi connectivity index (χ3n) is 3.55. The third kappa shape index (κ3) is 3.83. The summed E-state index contributed by atoms with van der Waals surface area (Å²) < 4.78 is 53.9. The van der Waals surface area contributed by atoms with Crippen LogP contribution in [0.2, 0.25) is 0 Å². The predicted molar refractivity (Wildman–Crippen MR) is 90.4 cm³/mol. The van der Waals surface area contributed by atoms with Crippen molar-refractivity contribution in [2.75, 3.05) is 4.31 Å². The average Bonchev–Trinajstić information content (AvgIpc) is 2.61. The van der Waals surface area contributed by atoms with Gasteiger partial charge in [-0.15, -0.1) is 0 Å². The van der Waals surface area contributed by atoms with Crippen LogP contribution in [-0.4, -0.2) is 13.4 Å². The molecule has 0 aliphatic heterocycles. The zero-order valence-electron chi connectivity index (χ0n) is 13.0. The van der Waals surface area contributed by atoms with Gasteiger partial charge in [0.15, 0.2) is 0 Å². The van der Waals surface area contributed by atoms with Gasteiger partial charge in [-0.1, -0.05) is 12.1 Å². The van der Waals surface area contributed by atoms with Crippen molar-refractivity contribution < 1.29 is 17.2 Å². The van der Waals surface area contributed by atoms with Crippen molar-refractivity contribution >= 4 is 15.7 Å². The molecule has 25 heavy (non-hydrogen) atoms. The van der Waals surface area contributed by atoms with Crippen LogP contribution in [0.15, 0.2) is 78.0 Å². The van der Waals surface area contributed by atoms with Gasteiger partial charge in [0.05, 0.1) is 17.1 Å². The molecule has 0 unspecified atom stereocenters. The molecule has 0 N–H and O–H groups in total. The Bertz CT molecular complexity index is 962. The van der Waals surface area contributed by atoms with Gasteiger partial charge in [0.2, 0.25) is 0 Å². The Kier molecular flexibility index (Phi) is 4.76. The number of aromatic nitrogens is 1. The van der Waals surface area contributed by atoms with Gasteiger partial charge >= 0.3 is 0 Å². The van der Waals surface area contributed by atoms with Gasteiger partial charge in [0.1, 0.15) is 11.6 Å². The van der Waals surface area contributed by atoms with E-state index in [1.807, 2.05) is 0 Å². The minimum Gasteiger partial charge on any atom is -0.264 e. The van der Waals surface area contributed by atoms with Crippen LogP contribution in [0.4, 0.5) is 14.5 Å². The molecule has 0 aliphatic carbocycles. The molecule has 0 spiro atoms. The van der Waals surface area contributed by atoms with Gasteiger partial charge in [-0.05, 0) is 54.1 Å². The van der Waals surface area contributed by atoms with Crippen LogP contribution >= 0.6 is 0 Å². The first-order chi connectivity index (χ1) is 12.0.